The van der Waals surface area contributed by atoms with Gasteiger partial charge in [0.2, 0.25) is 0 Å². The van der Waals surface area contributed by atoms with E-state index in [1.54, 1.807) is 6.92 Å². The van der Waals surface area contributed by atoms with Gasteiger partial charge in [-0.25, -0.2) is 9.59 Å². The minimum absolute atomic E-state index is 0.242. The molecule has 0 bridgehead atoms. The zero-order valence-corrected chi connectivity index (χ0v) is 14.1. The number of carbonyl (C=O) groups excluding carboxylic acids is 3. The molecule has 1 fully saturated rings. The number of benzene rings is 1. The lowest BCUT2D eigenvalue weighted by Crippen LogP contribution is -2.17. The molecule has 7 nitrogen and oxygen atoms in total. The molecule has 0 amide bonds. The van der Waals surface area contributed by atoms with E-state index in [2.05, 4.69) is 0 Å². The first kappa shape index (κ1) is 16.4. The van der Waals surface area contributed by atoms with E-state index in [1.165, 1.54) is 19.3 Å². The summed E-state index contributed by atoms with van der Waals surface area (Å²) in [6, 6.07) is 7.37. The Labute approximate surface area is 149 Å². The van der Waals surface area contributed by atoms with Gasteiger partial charge in [0.05, 0.1) is 17.8 Å². The molecule has 0 radical (unpaired) electrons. The van der Waals surface area contributed by atoms with Crippen molar-refractivity contribution in [2.45, 2.75) is 32.3 Å². The van der Waals surface area contributed by atoms with Gasteiger partial charge in [-0.15, -0.1) is 0 Å². The van der Waals surface area contributed by atoms with Crippen LogP contribution >= 0.6 is 0 Å². The Balaban J connectivity index is 1.65. The molecule has 2 aliphatic heterocycles. The van der Waals surface area contributed by atoms with E-state index < -0.39 is 42.3 Å². The molecule has 3 aliphatic rings. The predicted octanol–water partition coefficient (Wildman–Crippen LogP) is 2.25. The molecule has 1 aromatic carbocycles. The number of hydrogen-bond acceptors (Lipinski definition) is 7. The van der Waals surface area contributed by atoms with Crippen LogP contribution in [0.1, 0.15) is 37.2 Å². The number of fused-ring (bicyclic) bond motifs is 3. The summed E-state index contributed by atoms with van der Waals surface area (Å²) >= 11 is 0. The van der Waals surface area contributed by atoms with Gasteiger partial charge < -0.3 is 18.9 Å². The van der Waals surface area contributed by atoms with Crippen LogP contribution in [0.2, 0.25) is 0 Å². The summed E-state index contributed by atoms with van der Waals surface area (Å²) < 4.78 is 21.4. The van der Waals surface area contributed by atoms with E-state index in [0.29, 0.717) is 5.57 Å². The first-order valence-electron chi connectivity index (χ1n) is 8.17. The molecule has 0 N–H and O–H groups in total. The Morgan fingerprint density at radius 3 is 2.50 bits per heavy atom. The zero-order valence-electron chi connectivity index (χ0n) is 14.1. The Hall–Kier alpha value is -3.09. The molecular weight excluding hydrogens is 340 g/mol. The maximum absolute atomic E-state index is 12.3. The SMILES string of the molecule is CC(=O)O[C@@H]1c2ccccc2[C@H]2OC(=O)/C(=C/OC3C=C(C)C(=O)O3)[C@@H]12. The largest absolute Gasteiger partial charge is 0.458 e. The van der Waals surface area contributed by atoms with Crippen LogP contribution in [-0.4, -0.2) is 24.2 Å². The standard InChI is InChI=1S/C19H16O7/c1-9-7-14(25-18(9)21)23-8-13-15-16(24-10(2)20)11-5-3-4-6-12(11)17(15)26-19(13)22/h3-8,14-17H,1-2H3/b13-8+/t14?,15-,16+,17+/m0/s1. The van der Waals surface area contributed by atoms with Crippen molar-refractivity contribution in [3.8, 4) is 0 Å². The monoisotopic (exact) mass is 356 g/mol. The topological polar surface area (TPSA) is 88.1 Å². The smallest absolute Gasteiger partial charge is 0.338 e. The lowest BCUT2D eigenvalue weighted by molar-refractivity contribution is -0.153. The molecular formula is C19H16O7. The average Bonchev–Trinajstić information content (AvgIpc) is 3.19. The molecule has 4 rings (SSSR count). The van der Waals surface area contributed by atoms with Crippen molar-refractivity contribution < 1.29 is 33.3 Å². The average molecular weight is 356 g/mol. The molecule has 0 spiro atoms. The van der Waals surface area contributed by atoms with E-state index >= 15 is 0 Å². The van der Waals surface area contributed by atoms with Crippen LogP contribution in [0.15, 0.2) is 47.7 Å². The van der Waals surface area contributed by atoms with Crippen LogP contribution in [0.4, 0.5) is 0 Å². The Bertz CT molecular complexity index is 866. The first-order chi connectivity index (χ1) is 12.5. The third kappa shape index (κ3) is 2.56. The highest BCUT2D eigenvalue weighted by atomic mass is 16.7. The van der Waals surface area contributed by atoms with Gasteiger partial charge >= 0.3 is 17.9 Å². The second-order valence-corrected chi connectivity index (χ2v) is 6.34. The fourth-order valence-electron chi connectivity index (χ4n) is 3.51. The Kier molecular flexibility index (Phi) is 3.79. The zero-order chi connectivity index (χ0) is 18.4. The van der Waals surface area contributed by atoms with Crippen molar-refractivity contribution in [2.24, 2.45) is 5.92 Å². The number of carbonyl (C=O) groups is 3. The normalized spacial score (nSPS) is 30.4. The maximum atomic E-state index is 12.3. The van der Waals surface area contributed by atoms with Crippen molar-refractivity contribution in [2.75, 3.05) is 0 Å². The van der Waals surface area contributed by atoms with Crippen molar-refractivity contribution in [3.63, 3.8) is 0 Å². The van der Waals surface area contributed by atoms with E-state index in [1.807, 2.05) is 24.3 Å². The van der Waals surface area contributed by atoms with Gasteiger partial charge in [0.1, 0.15) is 12.2 Å². The molecule has 1 unspecified atom stereocenters. The highest BCUT2D eigenvalue weighted by Crippen LogP contribution is 2.55. The van der Waals surface area contributed by atoms with E-state index in [-0.39, 0.29) is 5.57 Å². The van der Waals surface area contributed by atoms with Gasteiger partial charge in [0.25, 0.3) is 6.29 Å². The molecule has 1 aromatic rings. The molecule has 0 saturated carbocycles. The van der Waals surface area contributed by atoms with Crippen LogP contribution in [0.5, 0.6) is 0 Å². The van der Waals surface area contributed by atoms with Gasteiger partial charge in [-0.1, -0.05) is 24.3 Å². The van der Waals surface area contributed by atoms with Crippen LogP contribution < -0.4 is 0 Å². The van der Waals surface area contributed by atoms with Crippen molar-refractivity contribution in [1.29, 1.82) is 0 Å². The molecule has 0 aromatic heterocycles. The Morgan fingerprint density at radius 1 is 1.12 bits per heavy atom. The Morgan fingerprint density at radius 2 is 1.85 bits per heavy atom. The van der Waals surface area contributed by atoms with E-state index in [4.69, 9.17) is 18.9 Å². The molecule has 7 heteroatoms. The summed E-state index contributed by atoms with van der Waals surface area (Å²) in [5.74, 6) is -1.97. The number of esters is 3. The summed E-state index contributed by atoms with van der Waals surface area (Å²) in [4.78, 5) is 35.3. The fourth-order valence-corrected chi connectivity index (χ4v) is 3.51. The lowest BCUT2D eigenvalue weighted by atomic mass is 9.95. The molecule has 1 saturated heterocycles. The fraction of sp³-hybridized carbons (Fsp3) is 0.316. The lowest BCUT2D eigenvalue weighted by Gasteiger charge is -2.18. The number of ether oxygens (including phenoxy) is 4. The second kappa shape index (κ2) is 6.01. The number of rotatable bonds is 3. The van der Waals surface area contributed by atoms with Gasteiger partial charge in [-0.2, -0.15) is 0 Å². The minimum atomic E-state index is -0.891. The van der Waals surface area contributed by atoms with Gasteiger partial charge in [-0.05, 0) is 6.92 Å². The van der Waals surface area contributed by atoms with Crippen molar-refractivity contribution in [1.82, 2.24) is 0 Å². The predicted molar refractivity (Wildman–Crippen MR) is 86.1 cm³/mol. The summed E-state index contributed by atoms with van der Waals surface area (Å²) in [7, 11) is 0. The highest BCUT2D eigenvalue weighted by Gasteiger charge is 2.53. The van der Waals surface area contributed by atoms with Crippen LogP contribution in [0.25, 0.3) is 0 Å². The minimum Gasteiger partial charge on any atom is -0.458 e. The van der Waals surface area contributed by atoms with Gasteiger partial charge in [-0.3, -0.25) is 4.79 Å². The molecule has 134 valence electrons. The third-order valence-corrected chi connectivity index (χ3v) is 4.64. The summed E-state index contributed by atoms with van der Waals surface area (Å²) in [5.41, 5.74) is 2.29. The van der Waals surface area contributed by atoms with Crippen molar-refractivity contribution in [3.05, 3.63) is 58.9 Å². The molecule has 26 heavy (non-hydrogen) atoms. The quantitative estimate of drug-likeness (QED) is 0.355. The summed E-state index contributed by atoms with van der Waals surface area (Å²) in [6.45, 7) is 2.93. The molecule has 2 heterocycles. The van der Waals surface area contributed by atoms with Crippen LogP contribution in [0.3, 0.4) is 0 Å². The van der Waals surface area contributed by atoms with E-state index in [9.17, 15) is 14.4 Å². The third-order valence-electron chi connectivity index (χ3n) is 4.64. The van der Waals surface area contributed by atoms with Crippen LogP contribution in [-0.2, 0) is 33.3 Å². The van der Waals surface area contributed by atoms with E-state index in [0.717, 1.165) is 11.1 Å². The van der Waals surface area contributed by atoms with Crippen molar-refractivity contribution >= 4 is 17.9 Å². The number of hydrogen-bond donors (Lipinski definition) is 0. The number of cyclic esters (lactones) is 1. The van der Waals surface area contributed by atoms with Gasteiger partial charge in [0, 0.05) is 29.7 Å². The second-order valence-electron chi connectivity index (χ2n) is 6.34. The van der Waals surface area contributed by atoms with Crippen LogP contribution in [0, 0.1) is 5.92 Å². The molecule has 1 aliphatic carbocycles. The first-order valence-corrected chi connectivity index (χ1v) is 8.17. The molecule has 4 atom stereocenters. The maximum Gasteiger partial charge on any atom is 0.338 e. The van der Waals surface area contributed by atoms with Gasteiger partial charge in [0.15, 0.2) is 0 Å². The summed E-state index contributed by atoms with van der Waals surface area (Å²) in [6.07, 6.45) is 0.685. The highest BCUT2D eigenvalue weighted by molar-refractivity contribution is 5.92. The summed E-state index contributed by atoms with van der Waals surface area (Å²) in [5, 5.41) is 0.